The molecule has 0 aliphatic carbocycles. The number of carbonyl (C=O) groups excluding carboxylic acids is 2. The van der Waals surface area contributed by atoms with Gasteiger partial charge in [-0.05, 0) is 50.9 Å². The first-order valence-corrected chi connectivity index (χ1v) is 11.2. The summed E-state index contributed by atoms with van der Waals surface area (Å²) < 4.78 is 1.90. The molecule has 172 valence electrons. The summed E-state index contributed by atoms with van der Waals surface area (Å²) in [5.41, 5.74) is 9.18. The highest BCUT2D eigenvalue weighted by Gasteiger charge is 2.43. The van der Waals surface area contributed by atoms with Gasteiger partial charge in [0.25, 0.3) is 0 Å². The third-order valence-corrected chi connectivity index (χ3v) is 6.39. The number of anilines is 1. The van der Waals surface area contributed by atoms with Crippen LogP contribution in [0.15, 0.2) is 54.7 Å². The lowest BCUT2D eigenvalue weighted by molar-refractivity contribution is -0.127. The Kier molecular flexibility index (Phi) is 6.55. The summed E-state index contributed by atoms with van der Waals surface area (Å²) in [5.74, 6) is -0.540. The van der Waals surface area contributed by atoms with Crippen LogP contribution in [0.2, 0.25) is 0 Å². The van der Waals surface area contributed by atoms with E-state index in [1.54, 1.807) is 6.20 Å². The van der Waals surface area contributed by atoms with Crippen LogP contribution >= 0.6 is 0 Å². The Hall–Kier alpha value is -3.52. The molecule has 0 unspecified atom stereocenters. The first-order valence-electron chi connectivity index (χ1n) is 11.2. The second-order valence-corrected chi connectivity index (χ2v) is 8.71. The first kappa shape index (κ1) is 22.7. The van der Waals surface area contributed by atoms with Gasteiger partial charge >= 0.3 is 0 Å². The maximum Gasteiger partial charge on any atom is 0.238 e. The van der Waals surface area contributed by atoms with Gasteiger partial charge in [0.1, 0.15) is 5.41 Å². The fourth-order valence-corrected chi connectivity index (χ4v) is 4.63. The largest absolute Gasteiger partial charge is 0.369 e. The van der Waals surface area contributed by atoms with Gasteiger partial charge in [0.15, 0.2) is 0 Å². The second-order valence-electron chi connectivity index (χ2n) is 8.71. The van der Waals surface area contributed by atoms with Crippen LogP contribution in [0.25, 0.3) is 0 Å². The number of nitrogens with one attached hydrogen (secondary N) is 1. The molecule has 0 spiro atoms. The lowest BCUT2D eigenvalue weighted by Gasteiger charge is -2.40. The van der Waals surface area contributed by atoms with Gasteiger partial charge in [0, 0.05) is 12.7 Å². The number of aryl methyl sites for hydroxylation is 1. The summed E-state index contributed by atoms with van der Waals surface area (Å²) in [6.45, 7) is 5.76. The van der Waals surface area contributed by atoms with Gasteiger partial charge in [-0.25, -0.2) is 0 Å². The van der Waals surface area contributed by atoms with E-state index < -0.39 is 11.3 Å². The lowest BCUT2D eigenvalue weighted by atomic mass is 9.76. The van der Waals surface area contributed by atoms with Crippen molar-refractivity contribution < 1.29 is 9.59 Å². The molecule has 4 rings (SSSR count). The molecule has 0 bridgehead atoms. The highest BCUT2D eigenvalue weighted by molar-refractivity contribution is 5.93. The van der Waals surface area contributed by atoms with Crippen LogP contribution in [0.3, 0.4) is 0 Å². The molecule has 2 aromatic heterocycles. The number of hydrogen-bond donors (Lipinski definition) is 2. The van der Waals surface area contributed by atoms with Gasteiger partial charge in [0.2, 0.25) is 11.8 Å². The van der Waals surface area contributed by atoms with Gasteiger partial charge in [-0.1, -0.05) is 36.4 Å². The van der Waals surface area contributed by atoms with E-state index in [1.165, 1.54) is 0 Å². The van der Waals surface area contributed by atoms with E-state index in [9.17, 15) is 9.59 Å². The quantitative estimate of drug-likeness (QED) is 0.580. The molecule has 33 heavy (non-hydrogen) atoms. The average molecular weight is 447 g/mol. The normalized spacial score (nSPS) is 18.7. The number of nitrogens with two attached hydrogens (primary N) is 1. The minimum Gasteiger partial charge on any atom is -0.369 e. The summed E-state index contributed by atoms with van der Waals surface area (Å²) in [4.78, 5) is 31.8. The molecule has 3 heterocycles. The van der Waals surface area contributed by atoms with Crippen molar-refractivity contribution in [2.75, 3.05) is 25.0 Å². The fraction of sp³-hybridized carbons (Fsp3) is 0.360. The molecule has 3 N–H and O–H groups in total. The Morgan fingerprint density at radius 2 is 1.88 bits per heavy atom. The van der Waals surface area contributed by atoms with E-state index in [-0.39, 0.29) is 12.5 Å². The number of hydrogen-bond acceptors (Lipinski definition) is 5. The zero-order valence-corrected chi connectivity index (χ0v) is 19.1. The topological polar surface area (TPSA) is 106 Å². The molecule has 1 aromatic carbocycles. The molecule has 0 saturated carbocycles. The van der Waals surface area contributed by atoms with Crippen molar-refractivity contribution >= 4 is 17.5 Å². The van der Waals surface area contributed by atoms with Gasteiger partial charge in [-0.3, -0.25) is 24.2 Å². The number of piperidine rings is 1. The van der Waals surface area contributed by atoms with Crippen LogP contribution in [0, 0.1) is 13.8 Å². The fourth-order valence-electron chi connectivity index (χ4n) is 4.63. The average Bonchev–Trinajstić information content (AvgIpc) is 3.07. The van der Waals surface area contributed by atoms with Crippen LogP contribution in [-0.4, -0.2) is 51.1 Å². The van der Waals surface area contributed by atoms with E-state index in [4.69, 9.17) is 5.73 Å². The first-order chi connectivity index (χ1) is 15.9. The molecule has 3 aromatic rings. The smallest absolute Gasteiger partial charge is 0.238 e. The molecule has 8 heteroatoms. The Morgan fingerprint density at radius 1 is 1.12 bits per heavy atom. The molecular weight excluding hydrogens is 416 g/mol. The maximum absolute atomic E-state index is 12.9. The zero-order valence-electron chi connectivity index (χ0n) is 19.1. The molecule has 1 aliphatic heterocycles. The van der Waals surface area contributed by atoms with Crippen LogP contribution in [0.4, 0.5) is 5.69 Å². The van der Waals surface area contributed by atoms with E-state index in [1.807, 2.05) is 59.8 Å². The number of carbonyl (C=O) groups is 2. The SMILES string of the molecule is Cc1nn(Cc2ccccc2)c(C)c1NC(=O)CN1CCC[C@@](C(N)=O)(c2ccccn2)C1. The molecule has 1 atom stereocenters. The van der Waals surface area contributed by atoms with E-state index in [2.05, 4.69) is 27.5 Å². The summed E-state index contributed by atoms with van der Waals surface area (Å²) >= 11 is 0. The zero-order chi connectivity index (χ0) is 23.4. The molecule has 1 aliphatic rings. The predicted molar refractivity (Wildman–Crippen MR) is 127 cm³/mol. The highest BCUT2D eigenvalue weighted by Crippen LogP contribution is 2.33. The van der Waals surface area contributed by atoms with Gasteiger partial charge in [-0.15, -0.1) is 0 Å². The number of aromatic nitrogens is 3. The summed E-state index contributed by atoms with van der Waals surface area (Å²) in [7, 11) is 0. The number of pyridine rings is 1. The highest BCUT2D eigenvalue weighted by atomic mass is 16.2. The van der Waals surface area contributed by atoms with E-state index in [0.29, 0.717) is 25.2 Å². The third-order valence-electron chi connectivity index (χ3n) is 6.39. The Morgan fingerprint density at radius 3 is 2.58 bits per heavy atom. The number of benzene rings is 1. The molecule has 0 radical (unpaired) electrons. The van der Waals surface area contributed by atoms with Crippen molar-refractivity contribution in [2.45, 2.75) is 38.6 Å². The standard InChI is InChI=1S/C25H30N6O2/c1-18-23(19(2)31(29-18)15-20-9-4-3-5-10-20)28-22(32)16-30-14-8-12-25(17-30,24(26)33)21-11-6-7-13-27-21/h3-7,9-11,13H,8,12,14-17H2,1-2H3,(H2,26,33)(H,28,32)/t25-/m0/s1. The number of rotatable bonds is 7. The molecule has 8 nitrogen and oxygen atoms in total. The van der Waals surface area contributed by atoms with Gasteiger partial charge < -0.3 is 11.1 Å². The summed E-state index contributed by atoms with van der Waals surface area (Å²) in [6.07, 6.45) is 3.06. The Balaban J connectivity index is 1.45. The number of nitrogens with zero attached hydrogens (tertiary/aromatic N) is 4. The van der Waals surface area contributed by atoms with E-state index >= 15 is 0 Å². The van der Waals surface area contributed by atoms with Crippen molar-refractivity contribution in [1.82, 2.24) is 19.7 Å². The molecule has 1 saturated heterocycles. The van der Waals surface area contributed by atoms with E-state index in [0.717, 1.165) is 35.6 Å². The Labute approximate surface area is 193 Å². The van der Waals surface area contributed by atoms with Crippen LogP contribution in [0.1, 0.15) is 35.5 Å². The van der Waals surface area contributed by atoms with Crippen molar-refractivity contribution in [3.05, 3.63) is 77.4 Å². The lowest BCUT2D eigenvalue weighted by Crippen LogP contribution is -2.55. The van der Waals surface area contributed by atoms with Crippen LogP contribution in [0.5, 0.6) is 0 Å². The number of likely N-dealkylation sites (tertiary alicyclic amines) is 1. The summed E-state index contributed by atoms with van der Waals surface area (Å²) in [5, 5.41) is 7.64. The van der Waals surface area contributed by atoms with Crippen molar-refractivity contribution in [3.63, 3.8) is 0 Å². The molecule has 2 amide bonds. The van der Waals surface area contributed by atoms with Crippen LogP contribution in [-0.2, 0) is 21.5 Å². The maximum atomic E-state index is 12.9. The second kappa shape index (κ2) is 9.54. The monoisotopic (exact) mass is 446 g/mol. The van der Waals surface area contributed by atoms with Crippen molar-refractivity contribution in [2.24, 2.45) is 5.73 Å². The predicted octanol–water partition coefficient (Wildman–Crippen LogP) is 2.40. The van der Waals surface area contributed by atoms with Gasteiger partial charge in [0.05, 0.1) is 35.9 Å². The van der Waals surface area contributed by atoms with Crippen molar-refractivity contribution in [1.29, 1.82) is 0 Å². The van der Waals surface area contributed by atoms with Crippen molar-refractivity contribution in [3.8, 4) is 0 Å². The molecular formula is C25H30N6O2. The third kappa shape index (κ3) is 4.80. The summed E-state index contributed by atoms with van der Waals surface area (Å²) in [6, 6.07) is 15.6. The number of amides is 2. The molecule has 1 fully saturated rings. The number of primary amides is 1. The minimum absolute atomic E-state index is 0.137. The van der Waals surface area contributed by atoms with Crippen LogP contribution < -0.4 is 11.1 Å². The minimum atomic E-state index is -0.883. The Bertz CT molecular complexity index is 1130. The van der Waals surface area contributed by atoms with Gasteiger partial charge in [-0.2, -0.15) is 5.10 Å².